The molecular formula is C15H20O4. The average Bonchev–Trinajstić information content (AvgIpc) is 2.37. The number of ether oxygens (including phenoxy) is 3. The van der Waals surface area contributed by atoms with Crippen molar-refractivity contribution >= 4 is 5.97 Å². The molecule has 1 fully saturated rings. The van der Waals surface area contributed by atoms with Crippen molar-refractivity contribution in [3.8, 4) is 5.75 Å². The van der Waals surface area contributed by atoms with E-state index in [-0.39, 0.29) is 12.1 Å². The van der Waals surface area contributed by atoms with E-state index in [0.717, 1.165) is 17.7 Å². The van der Waals surface area contributed by atoms with Crippen LogP contribution in [0.15, 0.2) is 24.3 Å². The van der Waals surface area contributed by atoms with Crippen molar-refractivity contribution in [3.63, 3.8) is 0 Å². The molecule has 1 heterocycles. The fraction of sp³-hybridized carbons (Fsp3) is 0.533. The minimum atomic E-state index is -0.463. The van der Waals surface area contributed by atoms with E-state index in [1.807, 2.05) is 31.2 Å². The minimum absolute atomic E-state index is 0.103. The topological polar surface area (TPSA) is 44.8 Å². The first-order valence-corrected chi connectivity index (χ1v) is 6.48. The molecule has 4 heteroatoms. The van der Waals surface area contributed by atoms with Gasteiger partial charge in [0.05, 0.1) is 19.8 Å². The normalized spacial score (nSPS) is 26.8. The third-order valence-corrected chi connectivity index (χ3v) is 3.44. The molecule has 1 aliphatic heterocycles. The van der Waals surface area contributed by atoms with E-state index < -0.39 is 5.60 Å². The molecule has 0 N–H and O–H groups in total. The van der Waals surface area contributed by atoms with Crippen LogP contribution in [0.5, 0.6) is 5.75 Å². The van der Waals surface area contributed by atoms with Crippen molar-refractivity contribution in [2.24, 2.45) is 0 Å². The van der Waals surface area contributed by atoms with Gasteiger partial charge >= 0.3 is 5.97 Å². The van der Waals surface area contributed by atoms with Crippen LogP contribution in [0, 0.1) is 0 Å². The molecule has 0 spiro atoms. The number of methoxy groups -OCH3 is 1. The van der Waals surface area contributed by atoms with Gasteiger partial charge < -0.3 is 14.2 Å². The Morgan fingerprint density at radius 3 is 2.84 bits per heavy atom. The van der Waals surface area contributed by atoms with E-state index in [4.69, 9.17) is 14.2 Å². The maximum absolute atomic E-state index is 11.2. The summed E-state index contributed by atoms with van der Waals surface area (Å²) in [5.41, 5.74) is 0.540. The SMILES string of the molecule is COc1ccccc1C1CC(C)(OC(C)=O)CCO1. The lowest BCUT2D eigenvalue weighted by atomic mass is 9.88. The number of esters is 1. The van der Waals surface area contributed by atoms with Crippen molar-refractivity contribution < 1.29 is 19.0 Å². The fourth-order valence-electron chi connectivity index (χ4n) is 2.54. The lowest BCUT2D eigenvalue weighted by Gasteiger charge is -2.37. The summed E-state index contributed by atoms with van der Waals surface area (Å²) in [4.78, 5) is 11.2. The van der Waals surface area contributed by atoms with Gasteiger partial charge in [-0.25, -0.2) is 0 Å². The Labute approximate surface area is 113 Å². The summed E-state index contributed by atoms with van der Waals surface area (Å²) in [6, 6.07) is 7.79. The molecule has 0 amide bonds. The molecular weight excluding hydrogens is 244 g/mol. The number of hydrogen-bond acceptors (Lipinski definition) is 4. The largest absolute Gasteiger partial charge is 0.496 e. The quantitative estimate of drug-likeness (QED) is 0.787. The van der Waals surface area contributed by atoms with Crippen LogP contribution in [-0.2, 0) is 14.3 Å². The van der Waals surface area contributed by atoms with E-state index in [0.29, 0.717) is 13.0 Å². The second-order valence-corrected chi connectivity index (χ2v) is 5.10. The van der Waals surface area contributed by atoms with Crippen LogP contribution in [0.25, 0.3) is 0 Å². The molecule has 2 atom stereocenters. The van der Waals surface area contributed by atoms with Crippen molar-refractivity contribution in [3.05, 3.63) is 29.8 Å². The number of carbonyl (C=O) groups excluding carboxylic acids is 1. The van der Waals surface area contributed by atoms with Gasteiger partial charge in [0.1, 0.15) is 11.4 Å². The molecule has 1 aromatic rings. The van der Waals surface area contributed by atoms with Gasteiger partial charge in [-0.1, -0.05) is 18.2 Å². The zero-order valence-corrected chi connectivity index (χ0v) is 11.6. The van der Waals surface area contributed by atoms with Gasteiger partial charge in [-0.05, 0) is 13.0 Å². The zero-order chi connectivity index (χ0) is 13.9. The second kappa shape index (κ2) is 5.61. The van der Waals surface area contributed by atoms with Gasteiger partial charge in [0, 0.05) is 25.3 Å². The molecule has 1 aliphatic rings. The minimum Gasteiger partial charge on any atom is -0.496 e. The molecule has 0 bridgehead atoms. The lowest BCUT2D eigenvalue weighted by molar-refractivity contribution is -0.170. The first-order chi connectivity index (χ1) is 9.04. The number of hydrogen-bond donors (Lipinski definition) is 0. The highest BCUT2D eigenvalue weighted by atomic mass is 16.6. The van der Waals surface area contributed by atoms with E-state index in [9.17, 15) is 4.79 Å². The summed E-state index contributed by atoms with van der Waals surface area (Å²) in [5.74, 6) is 0.558. The molecule has 0 aromatic heterocycles. The van der Waals surface area contributed by atoms with Crippen LogP contribution >= 0.6 is 0 Å². The van der Waals surface area contributed by atoms with Gasteiger partial charge in [0.25, 0.3) is 0 Å². The third kappa shape index (κ3) is 3.26. The predicted molar refractivity (Wildman–Crippen MR) is 71.1 cm³/mol. The standard InChI is InChI=1S/C15H20O4/c1-11(16)19-15(2)8-9-18-14(10-15)12-6-4-5-7-13(12)17-3/h4-7,14H,8-10H2,1-3H3. The Morgan fingerprint density at radius 1 is 1.42 bits per heavy atom. The smallest absolute Gasteiger partial charge is 0.303 e. The monoisotopic (exact) mass is 264 g/mol. The second-order valence-electron chi connectivity index (χ2n) is 5.10. The van der Waals surface area contributed by atoms with Gasteiger partial charge in [-0.2, -0.15) is 0 Å². The maximum atomic E-state index is 11.2. The van der Waals surface area contributed by atoms with Gasteiger partial charge in [0.2, 0.25) is 0 Å². The first kappa shape index (κ1) is 13.9. The van der Waals surface area contributed by atoms with E-state index in [2.05, 4.69) is 0 Å². The Morgan fingerprint density at radius 2 is 2.16 bits per heavy atom. The van der Waals surface area contributed by atoms with Crippen molar-refractivity contribution in [2.75, 3.05) is 13.7 Å². The van der Waals surface area contributed by atoms with Gasteiger partial charge in [0.15, 0.2) is 0 Å². The Bertz CT molecular complexity index is 457. The maximum Gasteiger partial charge on any atom is 0.303 e. The molecule has 4 nitrogen and oxygen atoms in total. The lowest BCUT2D eigenvalue weighted by Crippen LogP contribution is -2.38. The predicted octanol–water partition coefficient (Wildman–Crippen LogP) is 2.87. The fourth-order valence-corrected chi connectivity index (χ4v) is 2.54. The van der Waals surface area contributed by atoms with Gasteiger partial charge in [-0.3, -0.25) is 4.79 Å². The summed E-state index contributed by atoms with van der Waals surface area (Å²) in [7, 11) is 1.65. The van der Waals surface area contributed by atoms with Crippen LogP contribution in [0.4, 0.5) is 0 Å². The molecule has 2 rings (SSSR count). The van der Waals surface area contributed by atoms with Gasteiger partial charge in [-0.15, -0.1) is 0 Å². The molecule has 1 saturated heterocycles. The third-order valence-electron chi connectivity index (χ3n) is 3.44. The van der Waals surface area contributed by atoms with Crippen LogP contribution in [0.1, 0.15) is 38.4 Å². The van der Waals surface area contributed by atoms with E-state index in [1.165, 1.54) is 6.92 Å². The van der Waals surface area contributed by atoms with Crippen molar-refractivity contribution in [1.82, 2.24) is 0 Å². The molecule has 1 aromatic carbocycles. The highest BCUT2D eigenvalue weighted by Crippen LogP contribution is 2.39. The van der Waals surface area contributed by atoms with Crippen LogP contribution in [-0.4, -0.2) is 25.3 Å². The number of benzene rings is 1. The Hall–Kier alpha value is -1.55. The zero-order valence-electron chi connectivity index (χ0n) is 11.6. The van der Waals surface area contributed by atoms with Crippen LogP contribution in [0.3, 0.4) is 0 Å². The molecule has 104 valence electrons. The Balaban J connectivity index is 2.19. The van der Waals surface area contributed by atoms with Crippen molar-refractivity contribution in [2.45, 2.75) is 38.4 Å². The Kier molecular flexibility index (Phi) is 4.10. The van der Waals surface area contributed by atoms with Crippen LogP contribution in [0.2, 0.25) is 0 Å². The average molecular weight is 264 g/mol. The summed E-state index contributed by atoms with van der Waals surface area (Å²) >= 11 is 0. The summed E-state index contributed by atoms with van der Waals surface area (Å²) < 4.78 is 16.6. The van der Waals surface area contributed by atoms with Crippen molar-refractivity contribution in [1.29, 1.82) is 0 Å². The number of para-hydroxylation sites is 1. The van der Waals surface area contributed by atoms with E-state index in [1.54, 1.807) is 7.11 Å². The van der Waals surface area contributed by atoms with Crippen LogP contribution < -0.4 is 4.74 Å². The van der Waals surface area contributed by atoms with E-state index >= 15 is 0 Å². The molecule has 0 aliphatic carbocycles. The molecule has 0 radical (unpaired) electrons. The highest BCUT2D eigenvalue weighted by molar-refractivity contribution is 5.66. The number of carbonyl (C=O) groups is 1. The summed E-state index contributed by atoms with van der Waals surface area (Å²) in [5, 5.41) is 0. The first-order valence-electron chi connectivity index (χ1n) is 6.48. The molecule has 0 saturated carbocycles. The molecule has 19 heavy (non-hydrogen) atoms. The highest BCUT2D eigenvalue weighted by Gasteiger charge is 2.37. The summed E-state index contributed by atoms with van der Waals surface area (Å²) in [6.07, 6.45) is 1.26. The number of rotatable bonds is 3. The summed E-state index contributed by atoms with van der Waals surface area (Å²) in [6.45, 7) is 3.98. The molecule has 2 unspecified atom stereocenters.